The molecule has 1 atom stereocenters. The van der Waals surface area contributed by atoms with E-state index >= 15 is 0 Å². The standard InChI is InChI=1S/Al.Be.H3OPSi.5H/c;;1-3-2;;;;;/h;;3H,2H2;;;;;. The zero-order chi connectivity index (χ0) is 2.71. The Labute approximate surface area is 50.2 Å². The molecule has 0 aliphatic carbocycles. The van der Waals surface area contributed by atoms with E-state index in [0.29, 0.717) is 0 Å². The van der Waals surface area contributed by atoms with Gasteiger partial charge in [-0.2, -0.15) is 0 Å². The third-order valence-electron chi connectivity index (χ3n) is 0. The van der Waals surface area contributed by atoms with E-state index in [1.54, 1.807) is 0 Å². The number of hydrogen-bond donors (Lipinski definition) is 0. The van der Waals surface area contributed by atoms with Crippen LogP contribution in [-0.4, -0.2) is 36.6 Å². The summed E-state index contributed by atoms with van der Waals surface area (Å²) in [7, 11) is 1.52. The first kappa shape index (κ1) is 16.4. The molecule has 0 aromatic carbocycles. The molecule has 0 amide bonds. The Kier molecular flexibility index (Phi) is 63.1. The van der Waals surface area contributed by atoms with Crippen molar-refractivity contribution < 1.29 is 4.46 Å². The first-order chi connectivity index (χ1) is 1.41. The summed E-state index contributed by atoms with van der Waals surface area (Å²) in [6, 6.07) is 0. The SMILES string of the molecule is O=[SiH]P.[AlH3].[BeH2]. The van der Waals surface area contributed by atoms with Crippen LogP contribution in [0.15, 0.2) is 0 Å². The van der Waals surface area contributed by atoms with Gasteiger partial charge in [-0.05, 0) is 0 Å². The molecule has 0 aliphatic heterocycles. The summed E-state index contributed by atoms with van der Waals surface area (Å²) in [6.45, 7) is 0. The summed E-state index contributed by atoms with van der Waals surface area (Å²) in [5.74, 6) is 0. The molecule has 0 saturated carbocycles. The Morgan fingerprint density at radius 3 is 1.60 bits per heavy atom. The minimum absolute atomic E-state index is 0. The first-order valence-corrected chi connectivity index (χ1v) is 3.71. The van der Waals surface area contributed by atoms with Gasteiger partial charge in [-0.15, -0.1) is 0 Å². The van der Waals surface area contributed by atoms with Crippen LogP contribution in [0.1, 0.15) is 0 Å². The molecule has 0 aromatic heterocycles. The van der Waals surface area contributed by atoms with Gasteiger partial charge in [0.05, 0.1) is 0 Å². The predicted octanol–water partition coefficient (Wildman–Crippen LogP) is -2.54. The summed E-state index contributed by atoms with van der Waals surface area (Å²) in [6.07, 6.45) is 0. The van der Waals surface area contributed by atoms with Crippen LogP contribution in [0, 0.1) is 0 Å². The molecule has 0 fully saturated rings. The third kappa shape index (κ3) is 38.7. The fourth-order valence-corrected chi connectivity index (χ4v) is 0. The Morgan fingerprint density at radius 1 is 1.60 bits per heavy atom. The second kappa shape index (κ2) is 19.2. The van der Waals surface area contributed by atoms with Crippen LogP contribution in [0.5, 0.6) is 0 Å². The molecule has 0 saturated heterocycles. The van der Waals surface area contributed by atoms with Crippen molar-refractivity contribution in [3.63, 3.8) is 0 Å². The van der Waals surface area contributed by atoms with Gasteiger partial charge in [-0.1, -0.05) is 8.79 Å². The number of rotatable bonds is 0. The molecule has 0 bridgehead atoms. The molecule has 0 aliphatic rings. The topological polar surface area (TPSA) is 17.1 Å². The maximum atomic E-state index is 8.98. The van der Waals surface area contributed by atoms with E-state index in [2.05, 4.69) is 8.79 Å². The van der Waals surface area contributed by atoms with Gasteiger partial charge in [0.25, 0.3) is 9.07 Å². The van der Waals surface area contributed by atoms with Crippen molar-refractivity contribution in [1.29, 1.82) is 0 Å². The Hall–Kier alpha value is 1.15. The van der Waals surface area contributed by atoms with Gasteiger partial charge >= 0.3 is 10.1 Å². The van der Waals surface area contributed by atoms with Crippen LogP contribution in [0.25, 0.3) is 0 Å². The van der Waals surface area contributed by atoms with Gasteiger partial charge < -0.3 is 4.46 Å². The quantitative estimate of drug-likeness (QED) is 0.253. The molecule has 0 radical (unpaired) electrons. The van der Waals surface area contributed by atoms with E-state index in [4.69, 9.17) is 4.46 Å². The molecule has 0 N–H and O–H groups in total. The zero-order valence-corrected chi connectivity index (χ0v) is 3.87. The van der Waals surface area contributed by atoms with Crippen LogP contribution in [0.4, 0.5) is 0 Å². The van der Waals surface area contributed by atoms with Crippen LogP contribution in [-0.2, 0) is 4.46 Å². The van der Waals surface area contributed by atoms with Crippen LogP contribution in [0.3, 0.4) is 0 Å². The van der Waals surface area contributed by atoms with Crippen molar-refractivity contribution in [3.8, 4) is 0 Å². The van der Waals surface area contributed by atoms with Gasteiger partial charge in [0.15, 0.2) is 17.4 Å². The zero-order valence-electron chi connectivity index (χ0n) is 1.56. The molecule has 5 heteroatoms. The Morgan fingerprint density at radius 2 is 1.60 bits per heavy atom. The van der Waals surface area contributed by atoms with Crippen molar-refractivity contribution in [3.05, 3.63) is 0 Å². The maximum absolute atomic E-state index is 8.98. The first-order valence-electron chi connectivity index (χ1n) is 0.569. The fraction of sp³-hybridized carbons (Fsp3) is 0. The summed E-state index contributed by atoms with van der Waals surface area (Å²) in [5, 5.41) is 0. The average molecular weight is 119 g/mol. The second-order valence-corrected chi connectivity index (χ2v) is 1.22. The fourth-order valence-electron chi connectivity index (χ4n) is 0. The molecule has 0 rings (SSSR count). The van der Waals surface area contributed by atoms with Gasteiger partial charge in [-0.3, -0.25) is 0 Å². The second-order valence-electron chi connectivity index (χ2n) is 0.136. The third-order valence-corrected chi connectivity index (χ3v) is 0. The molecule has 28 valence electrons. The van der Waals surface area contributed by atoms with Crippen LogP contribution >= 0.6 is 8.79 Å². The summed E-state index contributed by atoms with van der Waals surface area (Å²) >= 11 is 0. The summed E-state index contributed by atoms with van der Waals surface area (Å²) in [5.41, 5.74) is 0. The van der Waals surface area contributed by atoms with Gasteiger partial charge in [0.2, 0.25) is 0 Å². The molecule has 5 heavy (non-hydrogen) atoms. The summed E-state index contributed by atoms with van der Waals surface area (Å²) in [4.78, 5) is 0. The van der Waals surface area contributed by atoms with E-state index in [1.807, 2.05) is 0 Å². The molecule has 1 nitrogen and oxygen atoms in total. The Balaban J connectivity index is -0.0000000200. The van der Waals surface area contributed by atoms with Gasteiger partial charge in [0, 0.05) is 0 Å². The number of hydrogen-bond acceptors (Lipinski definition) is 1. The van der Waals surface area contributed by atoms with Crippen molar-refractivity contribution >= 4 is 45.3 Å². The monoisotopic (exact) mass is 119 g/mol. The molecule has 1 unspecified atom stereocenters. The normalized spacial score (nSPS) is 2.60. The molecule has 0 heterocycles. The Bertz CT molecular complexity index is 19.1. The predicted molar refractivity (Wildman–Crippen MR) is 36.0 cm³/mol. The van der Waals surface area contributed by atoms with E-state index in [1.165, 1.54) is 0 Å². The van der Waals surface area contributed by atoms with Crippen LogP contribution < -0.4 is 0 Å². The molecule has 0 spiro atoms. The van der Waals surface area contributed by atoms with E-state index in [0.717, 1.165) is 0 Å². The average Bonchev–Trinajstić information content (AvgIpc) is 0.918. The summed E-state index contributed by atoms with van der Waals surface area (Å²) < 4.78 is 8.98. The van der Waals surface area contributed by atoms with Gasteiger partial charge in [0.1, 0.15) is 0 Å². The molecule has 0 aromatic rings. The molecular formula is H8AlBeOPSi. The van der Waals surface area contributed by atoms with Crippen molar-refractivity contribution in [1.82, 2.24) is 0 Å². The van der Waals surface area contributed by atoms with Crippen molar-refractivity contribution in [2.75, 3.05) is 0 Å². The van der Waals surface area contributed by atoms with Gasteiger partial charge in [-0.25, -0.2) is 0 Å². The van der Waals surface area contributed by atoms with E-state index < -0.39 is 9.07 Å². The van der Waals surface area contributed by atoms with Crippen molar-refractivity contribution in [2.24, 2.45) is 0 Å². The van der Waals surface area contributed by atoms with Crippen molar-refractivity contribution in [2.45, 2.75) is 0 Å². The van der Waals surface area contributed by atoms with E-state index in [-0.39, 0.29) is 27.5 Å². The van der Waals surface area contributed by atoms with E-state index in [9.17, 15) is 0 Å². The molecular weight excluding hydrogens is 111 g/mol. The van der Waals surface area contributed by atoms with Crippen LogP contribution in [0.2, 0.25) is 0 Å². The minimum atomic E-state index is -0.583.